The van der Waals surface area contributed by atoms with Crippen molar-refractivity contribution in [1.29, 1.82) is 0 Å². The fourth-order valence-corrected chi connectivity index (χ4v) is 5.33. The van der Waals surface area contributed by atoms with E-state index in [2.05, 4.69) is 13.8 Å². The summed E-state index contributed by atoms with van der Waals surface area (Å²) < 4.78 is 6.35. The van der Waals surface area contributed by atoms with Crippen LogP contribution in [0.5, 0.6) is 0 Å². The third-order valence-electron chi connectivity index (χ3n) is 5.55. The van der Waals surface area contributed by atoms with Gasteiger partial charge in [0.15, 0.2) is 0 Å². The number of fused-ring (bicyclic) bond motifs is 2. The second-order valence-electron chi connectivity index (χ2n) is 6.84. The van der Waals surface area contributed by atoms with Crippen LogP contribution in [0.2, 0.25) is 18.5 Å². The summed E-state index contributed by atoms with van der Waals surface area (Å²) in [6, 6.07) is 0. The van der Waals surface area contributed by atoms with Crippen molar-refractivity contribution in [3.05, 3.63) is 0 Å². The summed E-state index contributed by atoms with van der Waals surface area (Å²) in [7, 11) is 0. The van der Waals surface area contributed by atoms with Crippen LogP contribution in [0.4, 0.5) is 0 Å². The highest BCUT2D eigenvalue weighted by atomic mass is 16.4. The molecule has 0 N–H and O–H groups in total. The Morgan fingerprint density at radius 1 is 1.07 bits per heavy atom. The molecule has 1 saturated carbocycles. The Bertz CT molecular complexity index is 243. The average molecular weight is 207 g/mol. The molecule has 0 bridgehead atoms. The monoisotopic (exact) mass is 207 g/mol. The van der Waals surface area contributed by atoms with Crippen molar-refractivity contribution in [3.8, 4) is 0 Å². The van der Waals surface area contributed by atoms with Gasteiger partial charge in [-0.05, 0) is 12.5 Å². The lowest BCUT2D eigenvalue weighted by Gasteiger charge is -2.49. The lowest BCUT2D eigenvalue weighted by molar-refractivity contribution is 0.276. The first kappa shape index (κ1) is 10.2. The Hall–Kier alpha value is 0.0249. The number of hydrogen-bond acceptors (Lipinski definition) is 1. The normalized spacial score (nSPS) is 54.8. The molecule has 1 nitrogen and oxygen atoms in total. The van der Waals surface area contributed by atoms with Crippen molar-refractivity contribution < 1.29 is 4.65 Å². The number of rotatable bonds is 0. The van der Waals surface area contributed by atoms with Gasteiger partial charge in [0.05, 0.1) is 0 Å². The predicted molar refractivity (Wildman–Crippen MR) is 65.4 cm³/mol. The minimum atomic E-state index is -0.399. The summed E-state index contributed by atoms with van der Waals surface area (Å²) in [4.78, 5) is 0. The van der Waals surface area contributed by atoms with E-state index < -0.39 is 6.35 Å². The maximum Gasteiger partial charge on any atom is 0.118 e. The van der Waals surface area contributed by atoms with Gasteiger partial charge in [0.25, 0.3) is 0 Å². The van der Waals surface area contributed by atoms with Crippen LogP contribution in [-0.4, -0.2) is 13.0 Å². The molecule has 0 amide bonds. The Morgan fingerprint density at radius 2 is 1.80 bits per heavy atom. The highest BCUT2D eigenvalue weighted by molar-refractivity contribution is 6.76. The zero-order valence-corrected chi connectivity index (χ0v) is 10.2. The van der Waals surface area contributed by atoms with Crippen LogP contribution in [0.15, 0.2) is 0 Å². The third-order valence-corrected chi connectivity index (χ3v) is 5.55. The second-order valence-corrected chi connectivity index (χ2v) is 6.84. The first-order chi connectivity index (χ1) is 7.20. The molecule has 0 radical (unpaired) electrons. The molecule has 0 aromatic rings. The number of hydrogen-bond donors (Lipinski definition) is 0. The maximum atomic E-state index is 6.35. The molecular formula is C13H24BO-. The van der Waals surface area contributed by atoms with E-state index in [0.29, 0.717) is 0 Å². The smallest absolute Gasteiger partial charge is 0.118 e. The minimum Gasteiger partial charge on any atom is -0.590 e. The average Bonchev–Trinajstić information content (AvgIpc) is 2.69. The molecule has 1 aliphatic carbocycles. The quantitative estimate of drug-likeness (QED) is 0.549. The molecule has 0 aromatic heterocycles. The van der Waals surface area contributed by atoms with E-state index in [0.717, 1.165) is 30.2 Å². The summed E-state index contributed by atoms with van der Waals surface area (Å²) in [6.45, 7) is 5.97. The Kier molecular flexibility index (Phi) is 2.39. The van der Waals surface area contributed by atoms with Gasteiger partial charge in [-0.25, -0.2) is 0 Å². The van der Waals surface area contributed by atoms with Gasteiger partial charge in [0.1, 0.15) is 6.35 Å². The Labute approximate surface area is 93.9 Å². The standard InChI is InChI=1S/C13H24BO/c1-10-6-11(2)8-14(7-10)13-5-3-4-12(13)9-15-14/h10-13H,3-9H2,1-2H3/q-1. The Balaban J connectivity index is 1.83. The van der Waals surface area contributed by atoms with Gasteiger partial charge >= 0.3 is 0 Å². The summed E-state index contributed by atoms with van der Waals surface area (Å²) in [6.07, 6.45) is 8.26. The van der Waals surface area contributed by atoms with Gasteiger partial charge in [-0.15, -0.1) is 5.82 Å². The van der Waals surface area contributed by atoms with Crippen molar-refractivity contribution in [1.82, 2.24) is 0 Å². The van der Waals surface area contributed by atoms with Crippen LogP contribution in [-0.2, 0) is 4.65 Å². The summed E-state index contributed by atoms with van der Waals surface area (Å²) in [5, 5.41) is 0. The molecule has 4 unspecified atom stereocenters. The largest absolute Gasteiger partial charge is 0.590 e. The van der Waals surface area contributed by atoms with Gasteiger partial charge in [0.2, 0.25) is 0 Å². The van der Waals surface area contributed by atoms with Crippen molar-refractivity contribution in [2.24, 2.45) is 17.8 Å². The van der Waals surface area contributed by atoms with E-state index in [9.17, 15) is 0 Å². The second kappa shape index (κ2) is 3.51. The van der Waals surface area contributed by atoms with Crippen molar-refractivity contribution >= 4 is 6.35 Å². The van der Waals surface area contributed by atoms with Crippen LogP contribution >= 0.6 is 0 Å². The molecule has 2 heteroatoms. The molecule has 3 fully saturated rings. The maximum absolute atomic E-state index is 6.35. The van der Waals surface area contributed by atoms with Crippen LogP contribution in [0.1, 0.15) is 39.5 Å². The molecule has 2 heterocycles. The summed E-state index contributed by atoms with van der Waals surface area (Å²) in [5.74, 6) is 3.75. The fraction of sp³-hybridized carbons (Fsp3) is 1.00. The molecule has 86 valence electrons. The zero-order valence-electron chi connectivity index (χ0n) is 10.2. The van der Waals surface area contributed by atoms with E-state index >= 15 is 0 Å². The van der Waals surface area contributed by atoms with E-state index in [1.807, 2.05) is 0 Å². The van der Waals surface area contributed by atoms with E-state index in [1.165, 1.54) is 38.3 Å². The molecule has 2 aliphatic heterocycles. The molecule has 1 spiro atoms. The van der Waals surface area contributed by atoms with Crippen molar-refractivity contribution in [3.63, 3.8) is 0 Å². The van der Waals surface area contributed by atoms with Crippen LogP contribution in [0.3, 0.4) is 0 Å². The van der Waals surface area contributed by atoms with E-state index in [-0.39, 0.29) is 0 Å². The first-order valence-corrected chi connectivity index (χ1v) is 7.02. The topological polar surface area (TPSA) is 9.23 Å². The summed E-state index contributed by atoms with van der Waals surface area (Å²) >= 11 is 0. The molecule has 3 aliphatic rings. The lowest BCUT2D eigenvalue weighted by atomic mass is 9.24. The molecule has 3 rings (SSSR count). The predicted octanol–water partition coefficient (Wildman–Crippen LogP) is 3.81. The van der Waals surface area contributed by atoms with Crippen molar-refractivity contribution in [2.75, 3.05) is 6.61 Å². The highest BCUT2D eigenvalue weighted by Crippen LogP contribution is 2.56. The Morgan fingerprint density at radius 3 is 2.53 bits per heavy atom. The lowest BCUT2D eigenvalue weighted by Crippen LogP contribution is -2.45. The van der Waals surface area contributed by atoms with E-state index in [4.69, 9.17) is 4.65 Å². The highest BCUT2D eigenvalue weighted by Gasteiger charge is 2.48. The zero-order chi connectivity index (χ0) is 10.5. The van der Waals surface area contributed by atoms with Gasteiger partial charge in [-0.2, -0.15) is 12.6 Å². The molecule has 4 atom stereocenters. The molecule has 0 aromatic carbocycles. The first-order valence-electron chi connectivity index (χ1n) is 7.02. The SMILES string of the molecule is CC1CC(C)C[B-]2(C1)OCC1CCCC12. The van der Waals surface area contributed by atoms with Crippen molar-refractivity contribution in [2.45, 2.75) is 58.0 Å². The van der Waals surface area contributed by atoms with Gasteiger partial charge in [-0.1, -0.05) is 51.4 Å². The van der Waals surface area contributed by atoms with Crippen LogP contribution < -0.4 is 0 Å². The molecule has 15 heavy (non-hydrogen) atoms. The third kappa shape index (κ3) is 1.56. The van der Waals surface area contributed by atoms with Gasteiger partial charge in [0, 0.05) is 0 Å². The minimum absolute atomic E-state index is 0.399. The molecule has 2 saturated heterocycles. The van der Waals surface area contributed by atoms with Gasteiger partial charge < -0.3 is 4.65 Å². The van der Waals surface area contributed by atoms with Gasteiger partial charge in [-0.3, -0.25) is 0 Å². The van der Waals surface area contributed by atoms with Crippen LogP contribution in [0.25, 0.3) is 0 Å². The van der Waals surface area contributed by atoms with Crippen LogP contribution in [0, 0.1) is 17.8 Å². The molecular weight excluding hydrogens is 183 g/mol. The summed E-state index contributed by atoms with van der Waals surface area (Å²) in [5.41, 5.74) is 0. The van der Waals surface area contributed by atoms with E-state index in [1.54, 1.807) is 0 Å². The fourth-order valence-electron chi connectivity index (χ4n) is 5.33.